The molecule has 3 aromatic carbocycles. The lowest BCUT2D eigenvalue weighted by molar-refractivity contribution is 0.634. The molecule has 3 aromatic heterocycles. The summed E-state index contributed by atoms with van der Waals surface area (Å²) in [5.74, 6) is 0. The van der Waals surface area contributed by atoms with Crippen LogP contribution in [0.15, 0.2) is 49.6 Å². The van der Waals surface area contributed by atoms with E-state index in [1.165, 1.54) is 5.56 Å². The fraction of sp³-hybridized carbons (Fsp3) is 0.231. The Bertz CT molecular complexity index is 1630. The largest absolute Gasteiger partial charge is 0.456 e. The van der Waals surface area contributed by atoms with Crippen molar-refractivity contribution in [2.24, 2.45) is 0 Å². The van der Waals surface area contributed by atoms with E-state index in [1.54, 1.807) is 0 Å². The zero-order chi connectivity index (χ0) is 20.6. The molecule has 0 spiro atoms. The first-order valence-electron chi connectivity index (χ1n) is 10.6. The molecular weight excluding hydrogens is 374 g/mol. The molecule has 0 aliphatic heterocycles. The molecule has 0 aliphatic carbocycles. The minimum atomic E-state index is 0.621. The molecule has 6 aromatic rings. The normalized spacial score (nSPS) is 12.3. The molecular formula is C26H22NO3+. The quantitative estimate of drug-likeness (QED) is 0.190. The van der Waals surface area contributed by atoms with Crippen molar-refractivity contribution in [3.63, 3.8) is 0 Å². The number of hydrogen-bond donors (Lipinski definition) is 0. The highest BCUT2D eigenvalue weighted by Gasteiger charge is 2.24. The number of benzene rings is 3. The van der Waals surface area contributed by atoms with Crippen LogP contribution in [0.1, 0.15) is 26.3 Å². The summed E-state index contributed by atoms with van der Waals surface area (Å²) < 4.78 is 19.1. The molecule has 0 N–H and O–H groups in total. The van der Waals surface area contributed by atoms with Crippen molar-refractivity contribution in [3.05, 3.63) is 47.2 Å². The van der Waals surface area contributed by atoms with Gasteiger partial charge in [-0.05, 0) is 38.0 Å². The summed E-state index contributed by atoms with van der Waals surface area (Å²) >= 11 is 0. The second-order valence-corrected chi connectivity index (χ2v) is 7.88. The van der Waals surface area contributed by atoms with Gasteiger partial charge in [0.2, 0.25) is 0 Å². The first kappa shape index (κ1) is 17.4. The van der Waals surface area contributed by atoms with Gasteiger partial charge in [-0.15, -0.1) is 0 Å². The Labute approximate surface area is 173 Å². The highest BCUT2D eigenvalue weighted by molar-refractivity contribution is 6.32. The Morgan fingerprint density at radius 3 is 1.50 bits per heavy atom. The van der Waals surface area contributed by atoms with Crippen molar-refractivity contribution in [1.29, 1.82) is 0 Å². The fourth-order valence-corrected chi connectivity index (χ4v) is 4.76. The van der Waals surface area contributed by atoms with Crippen LogP contribution in [-0.2, 0) is 6.42 Å². The van der Waals surface area contributed by atoms with E-state index in [9.17, 15) is 0 Å². The molecule has 6 rings (SSSR count). The molecule has 4 nitrogen and oxygen atoms in total. The van der Waals surface area contributed by atoms with Crippen molar-refractivity contribution in [2.45, 2.75) is 27.2 Å². The number of aryl methyl sites for hydroxylation is 1. The van der Waals surface area contributed by atoms with E-state index in [0.717, 1.165) is 80.2 Å². The average Bonchev–Trinajstić information content (AvgIpc) is 2.73. The summed E-state index contributed by atoms with van der Waals surface area (Å²) in [4.78, 5) is 2.29. The maximum atomic E-state index is 6.46. The molecule has 0 fully saturated rings. The van der Waals surface area contributed by atoms with Crippen molar-refractivity contribution in [3.8, 4) is 0 Å². The topological polar surface area (TPSA) is 42.7 Å². The van der Waals surface area contributed by atoms with Gasteiger partial charge in [-0.1, -0.05) is 6.92 Å². The minimum absolute atomic E-state index is 0.621. The second-order valence-electron chi connectivity index (χ2n) is 7.88. The maximum Gasteiger partial charge on any atom is 0.197 e. The third kappa shape index (κ3) is 2.20. The van der Waals surface area contributed by atoms with Gasteiger partial charge >= 0.3 is 0 Å². The summed E-state index contributed by atoms with van der Waals surface area (Å²) in [5, 5.41) is 4.68. The van der Waals surface area contributed by atoms with Gasteiger partial charge in [0.15, 0.2) is 16.4 Å². The lowest BCUT2D eigenvalue weighted by Crippen LogP contribution is -2.21. The van der Waals surface area contributed by atoms with Crippen LogP contribution in [-0.4, -0.2) is 13.1 Å². The second kappa shape index (κ2) is 6.01. The van der Waals surface area contributed by atoms with Gasteiger partial charge < -0.3 is 18.2 Å². The summed E-state index contributed by atoms with van der Waals surface area (Å²) in [7, 11) is 0. The van der Waals surface area contributed by atoms with Crippen molar-refractivity contribution in [1.82, 2.24) is 0 Å². The van der Waals surface area contributed by atoms with Crippen LogP contribution in [0.4, 0.5) is 5.69 Å². The molecule has 148 valence electrons. The zero-order valence-corrected chi connectivity index (χ0v) is 17.3. The number of nitrogens with zero attached hydrogens (tertiary/aromatic N) is 1. The Kier molecular flexibility index (Phi) is 3.48. The Balaban J connectivity index is 1.93. The highest BCUT2D eigenvalue weighted by Crippen LogP contribution is 2.45. The van der Waals surface area contributed by atoms with E-state index in [-0.39, 0.29) is 0 Å². The van der Waals surface area contributed by atoms with Crippen LogP contribution in [0.3, 0.4) is 0 Å². The van der Waals surface area contributed by atoms with Gasteiger partial charge in [-0.2, -0.15) is 0 Å². The molecule has 0 saturated heterocycles. The van der Waals surface area contributed by atoms with Crippen molar-refractivity contribution < 1.29 is 13.3 Å². The molecule has 0 atom stereocenters. The summed E-state index contributed by atoms with van der Waals surface area (Å²) in [6, 6.07) is 12.2. The van der Waals surface area contributed by atoms with E-state index >= 15 is 0 Å². The van der Waals surface area contributed by atoms with E-state index in [4.69, 9.17) is 19.8 Å². The fourth-order valence-electron chi connectivity index (χ4n) is 4.76. The molecule has 0 bridgehead atoms. The lowest BCUT2D eigenvalue weighted by Gasteiger charge is -2.22. The van der Waals surface area contributed by atoms with Gasteiger partial charge in [0.05, 0.1) is 28.3 Å². The van der Waals surface area contributed by atoms with Crippen LogP contribution in [0, 0.1) is 0 Å². The van der Waals surface area contributed by atoms with E-state index < -0.39 is 0 Å². The predicted octanol–water partition coefficient (Wildman–Crippen LogP) is 6.65. The van der Waals surface area contributed by atoms with Crippen molar-refractivity contribution in [2.75, 3.05) is 18.0 Å². The van der Waals surface area contributed by atoms with Gasteiger partial charge in [-0.25, -0.2) is 0 Å². The first-order valence-corrected chi connectivity index (χ1v) is 10.6. The number of anilines is 1. The van der Waals surface area contributed by atoms with Gasteiger partial charge in [-0.3, -0.25) is 0 Å². The molecule has 0 radical (unpaired) electrons. The molecule has 0 saturated carbocycles. The molecule has 30 heavy (non-hydrogen) atoms. The van der Waals surface area contributed by atoms with Crippen LogP contribution in [0.5, 0.6) is 0 Å². The molecule has 4 heteroatoms. The van der Waals surface area contributed by atoms with E-state index in [0.29, 0.717) is 5.22 Å². The maximum absolute atomic E-state index is 6.46. The van der Waals surface area contributed by atoms with Crippen LogP contribution >= 0.6 is 0 Å². The minimum Gasteiger partial charge on any atom is -0.456 e. The monoisotopic (exact) mass is 396 g/mol. The molecule has 3 heterocycles. The molecule has 0 unspecified atom stereocenters. The Hall–Kier alpha value is -3.49. The first-order chi connectivity index (χ1) is 14.6. The third-order valence-electron chi connectivity index (χ3n) is 6.21. The van der Waals surface area contributed by atoms with E-state index in [2.05, 4.69) is 49.9 Å². The van der Waals surface area contributed by atoms with Crippen LogP contribution < -0.4 is 10.1 Å². The van der Waals surface area contributed by atoms with Gasteiger partial charge in [0.25, 0.3) is 0 Å². The van der Waals surface area contributed by atoms with Gasteiger partial charge in [0.1, 0.15) is 22.3 Å². The smallest absolute Gasteiger partial charge is 0.197 e. The van der Waals surface area contributed by atoms with Crippen LogP contribution in [0.25, 0.3) is 61.6 Å². The SMILES string of the molecule is [CH+]=c1cc2oc3cc(CC)cc4oc5cc(N(CC)CC)cc6oc(c1)c2c(c43)c56. The summed E-state index contributed by atoms with van der Waals surface area (Å²) in [6.45, 7) is 14.4. The predicted molar refractivity (Wildman–Crippen MR) is 123 cm³/mol. The standard InChI is InChI=1S/C26H22NO3/c1-5-15-10-19-24-20(11-15)30-22-13-16(27(6-2)7-3)12-21-25(22)26(24)23-17(28-19)8-14(4)9-18(23)29-21/h4,8-13H,5-7H2,1-3H3/q+1. The number of hydrogen-bond acceptors (Lipinski definition) is 4. The summed E-state index contributed by atoms with van der Waals surface area (Å²) in [5.41, 5.74) is 7.00. The molecule has 0 amide bonds. The molecule has 0 aliphatic rings. The highest BCUT2D eigenvalue weighted by atomic mass is 16.4. The average molecular weight is 396 g/mol. The van der Waals surface area contributed by atoms with E-state index in [1.807, 2.05) is 12.1 Å². The number of rotatable bonds is 4. The van der Waals surface area contributed by atoms with Crippen LogP contribution in [0.2, 0.25) is 0 Å². The lowest BCUT2D eigenvalue weighted by atomic mass is 9.97. The third-order valence-corrected chi connectivity index (χ3v) is 6.21. The van der Waals surface area contributed by atoms with Gasteiger partial charge in [0, 0.05) is 42.9 Å². The Morgan fingerprint density at radius 2 is 1.07 bits per heavy atom. The summed E-state index contributed by atoms with van der Waals surface area (Å²) in [6.07, 6.45) is 0.901. The Morgan fingerprint density at radius 1 is 0.633 bits per heavy atom. The zero-order valence-electron chi connectivity index (χ0n) is 17.3. The van der Waals surface area contributed by atoms with Crippen molar-refractivity contribution >= 4 is 67.3 Å².